The average Bonchev–Trinajstić information content (AvgIpc) is 2.75. The Bertz CT molecular complexity index is 994. The van der Waals surface area contributed by atoms with Crippen molar-refractivity contribution in [2.45, 2.75) is 39.5 Å². The number of carbonyl (C=O) groups is 2. The van der Waals surface area contributed by atoms with Crippen LogP contribution < -0.4 is 4.90 Å². The molecule has 3 aromatic carbocycles. The zero-order chi connectivity index (χ0) is 22.4. The van der Waals surface area contributed by atoms with Crippen molar-refractivity contribution in [1.82, 2.24) is 0 Å². The summed E-state index contributed by atoms with van der Waals surface area (Å²) < 4.78 is 0. The number of benzene rings is 3. The van der Waals surface area contributed by atoms with E-state index >= 15 is 0 Å². The second-order valence-corrected chi connectivity index (χ2v) is 7.72. The highest BCUT2D eigenvalue weighted by molar-refractivity contribution is 5.77. The summed E-state index contributed by atoms with van der Waals surface area (Å²) in [5, 5.41) is 17.8. The SMILES string of the molecule is Cc1ccc(N(c2ccc(CCC(=O)O)cc2)c2ccc(CCC(=O)O)cc2)cc1C. The minimum Gasteiger partial charge on any atom is -0.481 e. The van der Waals surface area contributed by atoms with Crippen molar-refractivity contribution in [3.05, 3.63) is 89.0 Å². The number of nitrogens with zero attached hydrogens (tertiary/aromatic N) is 1. The Morgan fingerprint density at radius 1 is 0.645 bits per heavy atom. The Morgan fingerprint density at radius 2 is 1.06 bits per heavy atom. The summed E-state index contributed by atoms with van der Waals surface area (Å²) in [5.74, 6) is -1.60. The van der Waals surface area contributed by atoms with Gasteiger partial charge < -0.3 is 15.1 Å². The number of carboxylic acid groups (broad SMARTS) is 2. The van der Waals surface area contributed by atoms with E-state index in [0.717, 1.165) is 28.2 Å². The molecular formula is C26H27NO4. The molecule has 0 aromatic heterocycles. The van der Waals surface area contributed by atoms with E-state index in [4.69, 9.17) is 10.2 Å². The summed E-state index contributed by atoms with van der Waals surface area (Å²) in [6.45, 7) is 4.17. The van der Waals surface area contributed by atoms with Gasteiger partial charge in [-0.3, -0.25) is 9.59 Å². The topological polar surface area (TPSA) is 77.8 Å². The molecule has 0 atom stereocenters. The van der Waals surface area contributed by atoms with Crippen LogP contribution >= 0.6 is 0 Å². The molecule has 0 saturated carbocycles. The van der Waals surface area contributed by atoms with Gasteiger partial charge in [0.2, 0.25) is 0 Å². The van der Waals surface area contributed by atoms with Crippen molar-refractivity contribution in [1.29, 1.82) is 0 Å². The molecule has 3 rings (SSSR count). The van der Waals surface area contributed by atoms with Gasteiger partial charge in [-0.15, -0.1) is 0 Å². The second-order valence-electron chi connectivity index (χ2n) is 7.72. The lowest BCUT2D eigenvalue weighted by atomic mass is 10.1. The number of aryl methyl sites for hydroxylation is 4. The number of aliphatic carboxylic acids is 2. The van der Waals surface area contributed by atoms with Crippen LogP contribution in [0.25, 0.3) is 0 Å². The molecular weight excluding hydrogens is 390 g/mol. The van der Waals surface area contributed by atoms with Crippen molar-refractivity contribution >= 4 is 29.0 Å². The zero-order valence-corrected chi connectivity index (χ0v) is 17.8. The lowest BCUT2D eigenvalue weighted by Gasteiger charge is -2.26. The van der Waals surface area contributed by atoms with Gasteiger partial charge in [0, 0.05) is 29.9 Å². The van der Waals surface area contributed by atoms with Crippen molar-refractivity contribution in [2.75, 3.05) is 4.90 Å². The van der Waals surface area contributed by atoms with E-state index in [1.54, 1.807) is 0 Å². The molecule has 0 radical (unpaired) electrons. The zero-order valence-electron chi connectivity index (χ0n) is 17.8. The molecule has 0 aliphatic rings. The van der Waals surface area contributed by atoms with Crippen LogP contribution in [0.4, 0.5) is 17.1 Å². The fourth-order valence-corrected chi connectivity index (χ4v) is 3.44. The molecule has 0 aliphatic carbocycles. The molecule has 0 amide bonds. The Hall–Kier alpha value is -3.60. The van der Waals surface area contributed by atoms with E-state index in [1.165, 1.54) is 11.1 Å². The predicted molar refractivity (Wildman–Crippen MR) is 123 cm³/mol. The molecule has 0 spiro atoms. The molecule has 31 heavy (non-hydrogen) atoms. The van der Waals surface area contributed by atoms with Crippen molar-refractivity contribution < 1.29 is 19.8 Å². The van der Waals surface area contributed by atoms with E-state index in [0.29, 0.717) is 12.8 Å². The molecule has 3 aromatic rings. The average molecular weight is 418 g/mol. The van der Waals surface area contributed by atoms with E-state index in [9.17, 15) is 9.59 Å². The Kier molecular flexibility index (Phi) is 7.08. The predicted octanol–water partition coefficient (Wildman–Crippen LogP) is 5.81. The van der Waals surface area contributed by atoms with Gasteiger partial charge in [-0.2, -0.15) is 0 Å². The largest absolute Gasteiger partial charge is 0.481 e. The summed E-state index contributed by atoms with van der Waals surface area (Å²) in [4.78, 5) is 23.8. The fraction of sp³-hybridized carbons (Fsp3) is 0.231. The Morgan fingerprint density at radius 3 is 1.45 bits per heavy atom. The fourth-order valence-electron chi connectivity index (χ4n) is 3.44. The van der Waals surface area contributed by atoms with E-state index < -0.39 is 11.9 Å². The molecule has 0 heterocycles. The second kappa shape index (κ2) is 9.94. The summed E-state index contributed by atoms with van der Waals surface area (Å²) in [6, 6.07) is 22.2. The first-order valence-corrected chi connectivity index (χ1v) is 10.3. The minimum absolute atomic E-state index is 0.109. The van der Waals surface area contributed by atoms with Gasteiger partial charge in [0.1, 0.15) is 0 Å². The van der Waals surface area contributed by atoms with Crippen LogP contribution in [0.3, 0.4) is 0 Å². The number of anilines is 3. The first kappa shape index (κ1) is 22.1. The van der Waals surface area contributed by atoms with Gasteiger partial charge >= 0.3 is 11.9 Å². The highest BCUT2D eigenvalue weighted by Crippen LogP contribution is 2.35. The third kappa shape index (κ3) is 5.95. The van der Waals surface area contributed by atoms with Crippen LogP contribution in [0, 0.1) is 13.8 Å². The maximum absolute atomic E-state index is 10.8. The molecule has 5 heteroatoms. The molecule has 0 bridgehead atoms. The van der Waals surface area contributed by atoms with Gasteiger partial charge in [-0.1, -0.05) is 30.3 Å². The van der Waals surface area contributed by atoms with Crippen LogP contribution in [0.2, 0.25) is 0 Å². The number of carboxylic acids is 2. The van der Waals surface area contributed by atoms with Crippen LogP contribution in [0.1, 0.15) is 35.1 Å². The summed E-state index contributed by atoms with van der Waals surface area (Å²) in [7, 11) is 0. The number of hydrogen-bond acceptors (Lipinski definition) is 3. The van der Waals surface area contributed by atoms with Crippen LogP contribution in [0.15, 0.2) is 66.7 Å². The van der Waals surface area contributed by atoms with E-state index in [1.807, 2.05) is 48.5 Å². The highest BCUT2D eigenvalue weighted by Gasteiger charge is 2.14. The quantitative estimate of drug-likeness (QED) is 0.459. The van der Waals surface area contributed by atoms with Gasteiger partial charge in [-0.25, -0.2) is 0 Å². The lowest BCUT2D eigenvalue weighted by molar-refractivity contribution is -0.138. The maximum atomic E-state index is 10.8. The Balaban J connectivity index is 1.94. The molecule has 0 fully saturated rings. The van der Waals surface area contributed by atoms with Crippen molar-refractivity contribution in [3.63, 3.8) is 0 Å². The van der Waals surface area contributed by atoms with Gasteiger partial charge in [0.15, 0.2) is 0 Å². The minimum atomic E-state index is -0.802. The maximum Gasteiger partial charge on any atom is 0.303 e. The first-order chi connectivity index (χ1) is 14.8. The van der Waals surface area contributed by atoms with Crippen LogP contribution in [-0.4, -0.2) is 22.2 Å². The standard InChI is InChI=1S/C26H27NO4/c1-18-3-10-24(17-19(18)2)27(22-11-4-20(5-12-22)8-15-25(28)29)23-13-6-21(7-14-23)9-16-26(30)31/h3-7,10-14,17H,8-9,15-16H2,1-2H3,(H,28,29)(H,30,31). The molecule has 0 unspecified atom stereocenters. The van der Waals surface area contributed by atoms with E-state index in [-0.39, 0.29) is 12.8 Å². The molecule has 0 saturated heterocycles. The van der Waals surface area contributed by atoms with Crippen molar-refractivity contribution in [3.8, 4) is 0 Å². The third-order valence-electron chi connectivity index (χ3n) is 5.39. The summed E-state index contributed by atoms with van der Waals surface area (Å²) >= 11 is 0. The van der Waals surface area contributed by atoms with Gasteiger partial charge in [0.25, 0.3) is 0 Å². The lowest BCUT2D eigenvalue weighted by Crippen LogP contribution is -2.10. The van der Waals surface area contributed by atoms with E-state index in [2.05, 4.69) is 36.9 Å². The summed E-state index contributed by atoms with van der Waals surface area (Å²) in [6.07, 6.45) is 1.21. The smallest absolute Gasteiger partial charge is 0.303 e. The molecule has 160 valence electrons. The highest BCUT2D eigenvalue weighted by atomic mass is 16.4. The van der Waals surface area contributed by atoms with Gasteiger partial charge in [-0.05, 0) is 85.3 Å². The molecule has 5 nitrogen and oxygen atoms in total. The van der Waals surface area contributed by atoms with Crippen molar-refractivity contribution in [2.24, 2.45) is 0 Å². The summed E-state index contributed by atoms with van der Waals surface area (Å²) in [5.41, 5.74) is 7.35. The first-order valence-electron chi connectivity index (χ1n) is 10.3. The van der Waals surface area contributed by atoms with Crippen LogP contribution in [-0.2, 0) is 22.4 Å². The Labute approximate surface area is 182 Å². The normalized spacial score (nSPS) is 10.6. The third-order valence-corrected chi connectivity index (χ3v) is 5.39. The van der Waals surface area contributed by atoms with Gasteiger partial charge in [0.05, 0.1) is 0 Å². The molecule has 2 N–H and O–H groups in total. The number of hydrogen-bond donors (Lipinski definition) is 2. The molecule has 0 aliphatic heterocycles. The number of rotatable bonds is 9. The van der Waals surface area contributed by atoms with Crippen LogP contribution in [0.5, 0.6) is 0 Å². The monoisotopic (exact) mass is 417 g/mol.